The van der Waals surface area contributed by atoms with Gasteiger partial charge in [0.2, 0.25) is 0 Å². The molecule has 24 heavy (non-hydrogen) atoms. The fourth-order valence-corrected chi connectivity index (χ4v) is 2.29. The van der Waals surface area contributed by atoms with Crippen LogP contribution < -0.4 is 20.2 Å². The Morgan fingerprint density at radius 2 is 2.00 bits per heavy atom. The van der Waals surface area contributed by atoms with Crippen LogP contribution >= 0.6 is 15.9 Å². The molecule has 0 heterocycles. The van der Waals surface area contributed by atoms with E-state index in [1.165, 1.54) is 6.21 Å². The second-order valence-corrected chi connectivity index (χ2v) is 5.84. The first-order valence-electron chi connectivity index (χ1n) is 7.63. The number of ether oxygens (including phenoxy) is 2. The maximum Gasteiger partial charge on any atom is 0.329 e. The van der Waals surface area contributed by atoms with Gasteiger partial charge in [-0.15, -0.1) is 0 Å². The number of carbonyl (C=O) groups is 2. The van der Waals surface area contributed by atoms with E-state index in [0.29, 0.717) is 34.7 Å². The third kappa shape index (κ3) is 6.19. The first kappa shape index (κ1) is 20.0. The van der Waals surface area contributed by atoms with Crippen LogP contribution in [0.4, 0.5) is 0 Å². The van der Waals surface area contributed by atoms with Gasteiger partial charge in [-0.05, 0) is 61.3 Å². The van der Waals surface area contributed by atoms with Gasteiger partial charge in [-0.25, -0.2) is 5.43 Å². The highest BCUT2D eigenvalue weighted by molar-refractivity contribution is 9.10. The first-order valence-corrected chi connectivity index (χ1v) is 8.42. The molecule has 0 aliphatic carbocycles. The SMILES string of the molecule is CCNC(=O)C(=O)N/N=C\c1cc(Br)c(OC(C)C)c(OCC)c1. The highest BCUT2D eigenvalue weighted by Crippen LogP contribution is 2.37. The molecule has 2 N–H and O–H groups in total. The lowest BCUT2D eigenvalue weighted by atomic mass is 10.2. The molecule has 0 spiro atoms. The number of amides is 2. The summed E-state index contributed by atoms with van der Waals surface area (Å²) in [6, 6.07) is 3.52. The molecule has 8 heteroatoms. The number of hydrogen-bond donors (Lipinski definition) is 2. The monoisotopic (exact) mass is 399 g/mol. The third-order valence-corrected chi connectivity index (χ3v) is 3.20. The van der Waals surface area contributed by atoms with Gasteiger partial charge in [0, 0.05) is 6.54 Å². The van der Waals surface area contributed by atoms with E-state index in [4.69, 9.17) is 9.47 Å². The van der Waals surface area contributed by atoms with E-state index in [-0.39, 0.29) is 6.10 Å². The van der Waals surface area contributed by atoms with Gasteiger partial charge in [-0.3, -0.25) is 9.59 Å². The molecule has 1 aromatic rings. The normalized spacial score (nSPS) is 10.8. The standard InChI is InChI=1S/C16H22BrN3O4/c1-5-18-15(21)16(22)20-19-9-11-7-12(17)14(24-10(3)4)13(8-11)23-6-2/h7-10H,5-6H2,1-4H3,(H,18,21)(H,20,22)/b19-9-. The quantitative estimate of drug-likeness (QED) is 0.417. The van der Waals surface area contributed by atoms with Gasteiger partial charge in [-0.1, -0.05) is 0 Å². The van der Waals surface area contributed by atoms with Crippen LogP contribution in [0.2, 0.25) is 0 Å². The van der Waals surface area contributed by atoms with Crippen molar-refractivity contribution in [1.82, 2.24) is 10.7 Å². The summed E-state index contributed by atoms with van der Waals surface area (Å²) in [5, 5.41) is 6.16. The van der Waals surface area contributed by atoms with Crippen molar-refractivity contribution in [3.05, 3.63) is 22.2 Å². The van der Waals surface area contributed by atoms with Crippen molar-refractivity contribution in [2.45, 2.75) is 33.8 Å². The summed E-state index contributed by atoms with van der Waals surface area (Å²) in [7, 11) is 0. The Kier molecular flexibility index (Phi) is 8.25. The molecule has 0 radical (unpaired) electrons. The van der Waals surface area contributed by atoms with Crippen molar-refractivity contribution in [3.63, 3.8) is 0 Å². The Labute approximate surface area is 149 Å². The van der Waals surface area contributed by atoms with Crippen LogP contribution in [0.3, 0.4) is 0 Å². The molecule has 0 bridgehead atoms. The van der Waals surface area contributed by atoms with Crippen LogP contribution in [-0.2, 0) is 9.59 Å². The summed E-state index contributed by atoms with van der Waals surface area (Å²) < 4.78 is 12.0. The molecule has 0 unspecified atom stereocenters. The molecule has 0 saturated carbocycles. The number of hydrogen-bond acceptors (Lipinski definition) is 5. The maximum absolute atomic E-state index is 11.4. The topological polar surface area (TPSA) is 89.0 Å². The molecule has 0 atom stereocenters. The van der Waals surface area contributed by atoms with Gasteiger partial charge >= 0.3 is 11.8 Å². The zero-order valence-electron chi connectivity index (χ0n) is 14.2. The lowest BCUT2D eigenvalue weighted by Crippen LogP contribution is -2.37. The van der Waals surface area contributed by atoms with E-state index >= 15 is 0 Å². The van der Waals surface area contributed by atoms with E-state index in [9.17, 15) is 9.59 Å². The summed E-state index contributed by atoms with van der Waals surface area (Å²) in [6.45, 7) is 8.30. The number of hydrazone groups is 1. The van der Waals surface area contributed by atoms with Gasteiger partial charge in [0.25, 0.3) is 0 Å². The molecule has 0 fully saturated rings. The minimum absolute atomic E-state index is 0.00334. The van der Waals surface area contributed by atoms with Gasteiger partial charge in [0.1, 0.15) is 0 Å². The number of carbonyl (C=O) groups excluding carboxylic acids is 2. The lowest BCUT2D eigenvalue weighted by Gasteiger charge is -2.16. The van der Waals surface area contributed by atoms with Gasteiger partial charge in [0.05, 0.1) is 23.4 Å². The summed E-state index contributed by atoms with van der Waals surface area (Å²) in [4.78, 5) is 22.7. The van der Waals surface area contributed by atoms with Crippen LogP contribution in [0, 0.1) is 0 Å². The summed E-state index contributed by atoms with van der Waals surface area (Å²) in [5.74, 6) is -0.379. The molecular formula is C16H22BrN3O4. The molecule has 0 saturated heterocycles. The molecule has 132 valence electrons. The predicted molar refractivity (Wildman–Crippen MR) is 95.5 cm³/mol. The molecule has 0 aliphatic heterocycles. The van der Waals surface area contributed by atoms with Gasteiger partial charge in [0.15, 0.2) is 11.5 Å². The average molecular weight is 400 g/mol. The average Bonchev–Trinajstić information content (AvgIpc) is 2.50. The summed E-state index contributed by atoms with van der Waals surface area (Å²) >= 11 is 3.44. The van der Waals surface area contributed by atoms with Crippen LogP contribution in [0.5, 0.6) is 11.5 Å². The zero-order chi connectivity index (χ0) is 18.1. The largest absolute Gasteiger partial charge is 0.490 e. The van der Waals surface area contributed by atoms with E-state index in [1.54, 1.807) is 19.1 Å². The Balaban J connectivity index is 2.90. The number of halogens is 1. The Morgan fingerprint density at radius 3 is 2.58 bits per heavy atom. The molecule has 0 aromatic heterocycles. The van der Waals surface area contributed by atoms with E-state index in [1.807, 2.05) is 20.8 Å². The molecule has 2 amide bonds. The Morgan fingerprint density at radius 1 is 1.29 bits per heavy atom. The number of benzene rings is 1. The van der Waals surface area contributed by atoms with Crippen molar-refractivity contribution in [3.8, 4) is 11.5 Å². The second-order valence-electron chi connectivity index (χ2n) is 4.99. The molecule has 1 rings (SSSR count). The van der Waals surface area contributed by atoms with Crippen LogP contribution in [0.1, 0.15) is 33.3 Å². The molecule has 7 nitrogen and oxygen atoms in total. The van der Waals surface area contributed by atoms with Gasteiger partial charge in [-0.2, -0.15) is 5.10 Å². The molecule has 1 aromatic carbocycles. The summed E-state index contributed by atoms with van der Waals surface area (Å²) in [6.07, 6.45) is 1.42. The maximum atomic E-state index is 11.4. The van der Waals surface area contributed by atoms with Gasteiger partial charge < -0.3 is 14.8 Å². The smallest absolute Gasteiger partial charge is 0.329 e. The minimum Gasteiger partial charge on any atom is -0.490 e. The van der Waals surface area contributed by atoms with Crippen molar-refractivity contribution >= 4 is 34.0 Å². The van der Waals surface area contributed by atoms with Crippen molar-refractivity contribution < 1.29 is 19.1 Å². The van der Waals surface area contributed by atoms with Crippen molar-refractivity contribution in [1.29, 1.82) is 0 Å². The van der Waals surface area contributed by atoms with Crippen molar-refractivity contribution in [2.75, 3.05) is 13.2 Å². The molecule has 0 aliphatic rings. The minimum atomic E-state index is -0.822. The third-order valence-electron chi connectivity index (χ3n) is 2.61. The van der Waals surface area contributed by atoms with E-state index in [2.05, 4.69) is 31.8 Å². The zero-order valence-corrected chi connectivity index (χ0v) is 15.8. The number of rotatable bonds is 7. The molecular weight excluding hydrogens is 378 g/mol. The van der Waals surface area contributed by atoms with E-state index in [0.717, 1.165) is 0 Å². The number of nitrogens with one attached hydrogen (secondary N) is 2. The van der Waals surface area contributed by atoms with Crippen molar-refractivity contribution in [2.24, 2.45) is 5.10 Å². The summed E-state index contributed by atoms with van der Waals surface area (Å²) in [5.41, 5.74) is 2.84. The highest BCUT2D eigenvalue weighted by atomic mass is 79.9. The van der Waals surface area contributed by atoms with Crippen LogP contribution in [0.15, 0.2) is 21.7 Å². The lowest BCUT2D eigenvalue weighted by molar-refractivity contribution is -0.139. The number of nitrogens with zero attached hydrogens (tertiary/aromatic N) is 1. The fraction of sp³-hybridized carbons (Fsp3) is 0.438. The Bertz CT molecular complexity index is 618. The number of likely N-dealkylation sites (N-methyl/N-ethyl adjacent to an activating group) is 1. The highest BCUT2D eigenvalue weighted by Gasteiger charge is 2.14. The van der Waals surface area contributed by atoms with Crippen LogP contribution in [0.25, 0.3) is 0 Å². The fourth-order valence-electron chi connectivity index (χ4n) is 1.73. The van der Waals surface area contributed by atoms with E-state index < -0.39 is 11.8 Å². The van der Waals surface area contributed by atoms with Crippen LogP contribution in [-0.4, -0.2) is 37.3 Å². The predicted octanol–water partition coefficient (Wildman–Crippen LogP) is 2.22. The first-order chi connectivity index (χ1) is 11.4. The Hall–Kier alpha value is -2.09. The second kappa shape index (κ2) is 9.92.